The maximum atomic E-state index is 11.9. The highest BCUT2D eigenvalue weighted by Gasteiger charge is 2.33. The molecule has 0 aromatic carbocycles. The summed E-state index contributed by atoms with van der Waals surface area (Å²) in [5.41, 5.74) is 2.84. The molecule has 1 rings (SSSR count). The van der Waals surface area contributed by atoms with Gasteiger partial charge in [0.15, 0.2) is 5.75 Å². The summed E-state index contributed by atoms with van der Waals surface area (Å²) >= 11 is 0. The Labute approximate surface area is 91.8 Å². The number of alkyl halides is 3. The van der Waals surface area contributed by atoms with Crippen molar-refractivity contribution < 1.29 is 27.8 Å². The molecule has 0 unspecified atom stereocenters. The first-order valence-corrected chi connectivity index (χ1v) is 4.20. The first-order chi connectivity index (χ1) is 7.76. The van der Waals surface area contributed by atoms with Crippen molar-refractivity contribution in [2.75, 3.05) is 0 Å². The molecule has 0 amide bonds. The molecule has 4 N–H and O–H groups in total. The summed E-state index contributed by atoms with van der Waals surface area (Å²) in [7, 11) is 0. The molecule has 0 aliphatic heterocycles. The van der Waals surface area contributed by atoms with Crippen LogP contribution in [-0.4, -0.2) is 22.4 Å². The van der Waals surface area contributed by atoms with Gasteiger partial charge < -0.3 is 20.6 Å². The lowest BCUT2D eigenvalue weighted by Gasteiger charge is -2.10. The van der Waals surface area contributed by atoms with E-state index in [-0.39, 0.29) is 0 Å². The van der Waals surface area contributed by atoms with E-state index < -0.39 is 41.3 Å². The van der Waals surface area contributed by atoms with Crippen LogP contribution in [0.3, 0.4) is 0 Å². The third-order valence-corrected chi connectivity index (χ3v) is 1.79. The van der Waals surface area contributed by atoms with Crippen LogP contribution in [0.5, 0.6) is 5.75 Å². The maximum absolute atomic E-state index is 11.9. The number of carboxylic acids is 1. The molecule has 1 aromatic rings. The minimum Gasteiger partial charge on any atom is -0.477 e. The molecule has 0 aliphatic rings. The highest BCUT2D eigenvalue weighted by Crippen LogP contribution is 2.19. The van der Waals surface area contributed by atoms with Gasteiger partial charge in [-0.15, -0.1) is 13.2 Å². The standard InChI is InChI=1S/C8H7F3N2O4/c9-8(10,11)17-4-2-13-5(7(15)16)3(1-12)6(4)14/h2H,1,12H2,(H,13,14)(H,15,16). The number of halogens is 3. The largest absolute Gasteiger partial charge is 0.573 e. The second kappa shape index (κ2) is 4.45. The van der Waals surface area contributed by atoms with E-state index >= 15 is 0 Å². The molecule has 0 atom stereocenters. The summed E-state index contributed by atoms with van der Waals surface area (Å²) in [6.07, 6.45) is -4.51. The zero-order valence-electron chi connectivity index (χ0n) is 8.17. The molecule has 0 saturated heterocycles. The number of carboxylic acid groups (broad SMARTS) is 1. The lowest BCUT2D eigenvalue weighted by atomic mass is 10.2. The topological polar surface area (TPSA) is 105 Å². The highest BCUT2D eigenvalue weighted by atomic mass is 19.4. The normalized spacial score (nSPS) is 11.3. The van der Waals surface area contributed by atoms with Crippen LogP contribution in [0.15, 0.2) is 11.0 Å². The number of nitrogens with two attached hydrogens (primary N) is 1. The van der Waals surface area contributed by atoms with Gasteiger partial charge in [0.05, 0.1) is 0 Å². The van der Waals surface area contributed by atoms with Crippen LogP contribution in [-0.2, 0) is 6.54 Å². The van der Waals surface area contributed by atoms with Crippen molar-refractivity contribution in [3.8, 4) is 5.75 Å². The molecule has 6 nitrogen and oxygen atoms in total. The number of aromatic carboxylic acids is 1. The SMILES string of the molecule is NCc1c(C(=O)O)[nH]cc(OC(F)(F)F)c1=O. The Kier molecular flexibility index (Phi) is 3.42. The van der Waals surface area contributed by atoms with E-state index in [1.807, 2.05) is 4.98 Å². The van der Waals surface area contributed by atoms with Gasteiger partial charge in [-0.25, -0.2) is 4.79 Å². The number of aromatic nitrogens is 1. The zero-order valence-corrected chi connectivity index (χ0v) is 8.17. The predicted octanol–water partition coefficient (Wildman–Crippen LogP) is 0.430. The van der Waals surface area contributed by atoms with Crippen molar-refractivity contribution >= 4 is 5.97 Å². The summed E-state index contributed by atoms with van der Waals surface area (Å²) < 4.78 is 39.1. The molecule has 9 heteroatoms. The van der Waals surface area contributed by atoms with Gasteiger partial charge in [0.25, 0.3) is 0 Å². The van der Waals surface area contributed by atoms with Crippen molar-refractivity contribution in [2.45, 2.75) is 12.9 Å². The minimum absolute atomic E-state index is 0.487. The van der Waals surface area contributed by atoms with Crippen molar-refractivity contribution in [2.24, 2.45) is 5.73 Å². The number of aromatic amines is 1. The maximum Gasteiger partial charge on any atom is 0.573 e. The molecular formula is C8H7F3N2O4. The van der Waals surface area contributed by atoms with Gasteiger partial charge in [-0.3, -0.25) is 4.79 Å². The van der Waals surface area contributed by atoms with E-state index in [1.165, 1.54) is 0 Å². The smallest absolute Gasteiger partial charge is 0.477 e. The third-order valence-electron chi connectivity index (χ3n) is 1.79. The van der Waals surface area contributed by atoms with Crippen LogP contribution in [0.4, 0.5) is 13.2 Å². The summed E-state index contributed by atoms with van der Waals surface area (Å²) in [5.74, 6) is -2.55. The Morgan fingerprint density at radius 2 is 2.12 bits per heavy atom. The van der Waals surface area contributed by atoms with Crippen LogP contribution in [0.2, 0.25) is 0 Å². The molecule has 0 spiro atoms. The van der Waals surface area contributed by atoms with Crippen LogP contribution < -0.4 is 15.9 Å². The Morgan fingerprint density at radius 1 is 1.53 bits per heavy atom. The molecule has 17 heavy (non-hydrogen) atoms. The van der Waals surface area contributed by atoms with Crippen molar-refractivity contribution in [3.05, 3.63) is 27.7 Å². The number of carbonyl (C=O) groups is 1. The van der Waals surface area contributed by atoms with Gasteiger partial charge in [0.1, 0.15) is 5.69 Å². The summed E-state index contributed by atoms with van der Waals surface area (Å²) in [6.45, 7) is -0.522. The number of hydrogen-bond donors (Lipinski definition) is 3. The number of rotatable bonds is 3. The first kappa shape index (κ1) is 13.0. The molecule has 1 heterocycles. The Bertz CT molecular complexity index is 495. The fourth-order valence-corrected chi connectivity index (χ4v) is 1.14. The number of nitrogens with one attached hydrogen (secondary N) is 1. The Morgan fingerprint density at radius 3 is 2.53 bits per heavy atom. The second-order valence-electron chi connectivity index (χ2n) is 2.89. The van der Waals surface area contributed by atoms with Gasteiger partial charge in [0.2, 0.25) is 5.43 Å². The van der Waals surface area contributed by atoms with Crippen molar-refractivity contribution in [3.63, 3.8) is 0 Å². The number of H-pyrrole nitrogens is 1. The van der Waals surface area contributed by atoms with E-state index in [0.717, 1.165) is 0 Å². The number of pyridine rings is 1. The fraction of sp³-hybridized carbons (Fsp3) is 0.250. The average Bonchev–Trinajstić information content (AvgIpc) is 2.18. The summed E-state index contributed by atoms with van der Waals surface area (Å²) in [5, 5.41) is 8.66. The first-order valence-electron chi connectivity index (χ1n) is 4.20. The van der Waals surface area contributed by atoms with Gasteiger partial charge >= 0.3 is 12.3 Å². The van der Waals surface area contributed by atoms with Gasteiger partial charge in [-0.1, -0.05) is 0 Å². The van der Waals surface area contributed by atoms with E-state index in [9.17, 15) is 22.8 Å². The molecule has 0 fully saturated rings. The van der Waals surface area contributed by atoms with Crippen molar-refractivity contribution in [1.29, 1.82) is 0 Å². The fourth-order valence-electron chi connectivity index (χ4n) is 1.14. The van der Waals surface area contributed by atoms with Crippen LogP contribution >= 0.6 is 0 Å². The van der Waals surface area contributed by atoms with E-state index in [0.29, 0.717) is 6.20 Å². The van der Waals surface area contributed by atoms with Crippen LogP contribution in [0, 0.1) is 0 Å². The minimum atomic E-state index is -5.04. The predicted molar refractivity (Wildman–Crippen MR) is 48.6 cm³/mol. The average molecular weight is 252 g/mol. The lowest BCUT2D eigenvalue weighted by Crippen LogP contribution is -2.26. The van der Waals surface area contributed by atoms with Crippen molar-refractivity contribution in [1.82, 2.24) is 4.98 Å². The summed E-state index contributed by atoms with van der Waals surface area (Å²) in [4.78, 5) is 24.1. The number of ether oxygens (including phenoxy) is 1. The molecule has 94 valence electrons. The Balaban J connectivity index is 3.31. The number of hydrogen-bond acceptors (Lipinski definition) is 4. The van der Waals surface area contributed by atoms with Crippen LogP contribution in [0.1, 0.15) is 16.1 Å². The molecule has 0 saturated carbocycles. The molecule has 0 aliphatic carbocycles. The Hall–Kier alpha value is -2.03. The second-order valence-corrected chi connectivity index (χ2v) is 2.89. The molecule has 0 radical (unpaired) electrons. The van der Waals surface area contributed by atoms with E-state index in [1.54, 1.807) is 0 Å². The molecule has 1 aromatic heterocycles. The van der Waals surface area contributed by atoms with Gasteiger partial charge in [0, 0.05) is 18.3 Å². The van der Waals surface area contributed by atoms with Gasteiger partial charge in [-0.2, -0.15) is 0 Å². The third kappa shape index (κ3) is 2.97. The van der Waals surface area contributed by atoms with E-state index in [4.69, 9.17) is 10.8 Å². The lowest BCUT2D eigenvalue weighted by molar-refractivity contribution is -0.275. The van der Waals surface area contributed by atoms with E-state index in [2.05, 4.69) is 4.74 Å². The quantitative estimate of drug-likeness (QED) is 0.723. The summed E-state index contributed by atoms with van der Waals surface area (Å²) in [6, 6.07) is 0. The van der Waals surface area contributed by atoms with Gasteiger partial charge in [-0.05, 0) is 0 Å². The van der Waals surface area contributed by atoms with Crippen LogP contribution in [0.25, 0.3) is 0 Å². The zero-order chi connectivity index (χ0) is 13.2. The molecule has 0 bridgehead atoms. The molecular weight excluding hydrogens is 245 g/mol. The monoisotopic (exact) mass is 252 g/mol. The highest BCUT2D eigenvalue weighted by molar-refractivity contribution is 5.87.